The molecule has 0 amide bonds. The van der Waals surface area contributed by atoms with Gasteiger partial charge in [-0.05, 0) is 245 Å². The molecule has 12 rings (SSSR count). The zero-order chi connectivity index (χ0) is 47.6. The monoisotopic (exact) mass is 867 g/mol. The van der Waals surface area contributed by atoms with Gasteiger partial charge >= 0.3 is 0 Å². The molecule has 0 heteroatoms. The lowest BCUT2D eigenvalue weighted by atomic mass is 9.48. The van der Waals surface area contributed by atoms with Gasteiger partial charge in [-0.25, -0.2) is 0 Å². The van der Waals surface area contributed by atoms with E-state index in [1.54, 1.807) is 0 Å². The Hall–Kier alpha value is 0. The molecule has 0 saturated heterocycles. The second-order valence-corrected chi connectivity index (χ2v) is 26.1. The van der Waals surface area contributed by atoms with Crippen molar-refractivity contribution in [2.45, 2.75) is 306 Å². The maximum absolute atomic E-state index is 2.44. The SMILES string of the molecule is CC.CC.CC.CC(C)C12CCC(C(C)C)(CC1)CC2.CC(C)C12CCC(C(C)C)(CC1)CC2.CC(C)C12CCC(C(C)C)(CC1)CC2.CC(C)C12CCC(C(C)C)(CC1)CC2. The van der Waals surface area contributed by atoms with Crippen LogP contribution < -0.4 is 0 Å². The third-order valence-electron chi connectivity index (χ3n) is 23.2. The minimum absolute atomic E-state index is 0.747. The summed E-state index contributed by atoms with van der Waals surface area (Å²) in [4.78, 5) is 0. The van der Waals surface area contributed by atoms with Gasteiger partial charge in [0.2, 0.25) is 0 Å². The molecule has 0 radical (unpaired) electrons. The number of hydrogen-bond donors (Lipinski definition) is 0. The van der Waals surface area contributed by atoms with Crippen LogP contribution in [0, 0.1) is 90.7 Å². The molecule has 0 aromatic heterocycles. The average Bonchev–Trinajstić information content (AvgIpc) is 3.31. The highest BCUT2D eigenvalue weighted by atomic mass is 14.6. The van der Waals surface area contributed by atoms with Gasteiger partial charge in [-0.3, -0.25) is 0 Å². The van der Waals surface area contributed by atoms with Gasteiger partial charge in [0, 0.05) is 0 Å². The molecular weight excluding hydrogens is 745 g/mol. The first-order chi connectivity index (χ1) is 29.0. The molecule has 12 aliphatic rings. The number of fused-ring (bicyclic) bond motifs is 12. The topological polar surface area (TPSA) is 0 Å². The van der Waals surface area contributed by atoms with Crippen molar-refractivity contribution in [2.75, 3.05) is 0 Å². The van der Waals surface area contributed by atoms with Crippen LogP contribution in [-0.4, -0.2) is 0 Å². The second-order valence-electron chi connectivity index (χ2n) is 26.1. The van der Waals surface area contributed by atoms with E-state index in [1.165, 1.54) is 154 Å². The summed E-state index contributed by atoms with van der Waals surface area (Å²) in [5, 5.41) is 0. The van der Waals surface area contributed by atoms with Crippen LogP contribution in [0.2, 0.25) is 0 Å². The highest BCUT2D eigenvalue weighted by Gasteiger charge is 2.54. The maximum atomic E-state index is 2.44. The Kier molecular flexibility index (Phi) is 22.3. The normalized spacial score (nSPS) is 38.6. The van der Waals surface area contributed by atoms with Crippen molar-refractivity contribution in [1.29, 1.82) is 0 Å². The van der Waals surface area contributed by atoms with Gasteiger partial charge < -0.3 is 0 Å². The predicted molar refractivity (Wildman–Crippen MR) is 283 cm³/mol. The summed E-state index contributed by atoms with van der Waals surface area (Å²) in [5.41, 5.74) is 5.97. The average molecular weight is 868 g/mol. The van der Waals surface area contributed by atoms with E-state index < -0.39 is 0 Å². The van der Waals surface area contributed by atoms with Gasteiger partial charge in [0.15, 0.2) is 0 Å². The first kappa shape index (κ1) is 58.1. The first-order valence-electron chi connectivity index (χ1n) is 29.0. The van der Waals surface area contributed by atoms with E-state index >= 15 is 0 Å². The molecular formula is C62H122. The van der Waals surface area contributed by atoms with Gasteiger partial charge in [0.25, 0.3) is 0 Å². The van der Waals surface area contributed by atoms with E-state index in [2.05, 4.69) is 111 Å². The fourth-order valence-corrected chi connectivity index (χ4v) is 15.9. The Balaban J connectivity index is 0.000000273. The van der Waals surface area contributed by atoms with Crippen LogP contribution in [0.3, 0.4) is 0 Å². The Morgan fingerprint density at radius 2 is 0.194 bits per heavy atom. The van der Waals surface area contributed by atoms with Crippen molar-refractivity contribution in [1.82, 2.24) is 0 Å². The molecule has 0 atom stereocenters. The predicted octanol–water partition coefficient (Wildman–Crippen LogP) is 21.6. The van der Waals surface area contributed by atoms with Crippen LogP contribution in [-0.2, 0) is 0 Å². The quantitative estimate of drug-likeness (QED) is 0.228. The Morgan fingerprint density at radius 3 is 0.226 bits per heavy atom. The van der Waals surface area contributed by atoms with Crippen LogP contribution in [0.1, 0.15) is 306 Å². The second kappa shape index (κ2) is 23.8. The molecule has 370 valence electrons. The Labute approximate surface area is 395 Å². The zero-order valence-corrected chi connectivity index (χ0v) is 47.6. The summed E-state index contributed by atoms with van der Waals surface area (Å²) < 4.78 is 0. The Bertz CT molecular complexity index is 846. The van der Waals surface area contributed by atoms with Crippen molar-refractivity contribution >= 4 is 0 Å². The molecule has 12 fully saturated rings. The molecule has 12 aliphatic carbocycles. The molecule has 0 N–H and O–H groups in total. The largest absolute Gasteiger partial charge is 0.0683 e. The summed E-state index contributed by atoms with van der Waals surface area (Å²) in [6.07, 6.45) is 36.4. The van der Waals surface area contributed by atoms with E-state index in [0.717, 1.165) is 90.7 Å². The molecule has 0 nitrogen and oxygen atoms in total. The van der Waals surface area contributed by atoms with E-state index in [-0.39, 0.29) is 0 Å². The Morgan fingerprint density at radius 1 is 0.145 bits per heavy atom. The van der Waals surface area contributed by atoms with Crippen molar-refractivity contribution < 1.29 is 0 Å². The molecule has 12 saturated carbocycles. The highest BCUT2D eigenvalue weighted by molar-refractivity contribution is 5.04. The zero-order valence-electron chi connectivity index (χ0n) is 47.6. The van der Waals surface area contributed by atoms with E-state index in [4.69, 9.17) is 0 Å². The summed E-state index contributed by atoms with van der Waals surface area (Å²) in [6.45, 7) is 51.0. The van der Waals surface area contributed by atoms with Crippen molar-refractivity contribution in [3.8, 4) is 0 Å². The molecule has 0 aromatic rings. The summed E-state index contributed by atoms with van der Waals surface area (Å²) >= 11 is 0. The molecule has 0 aromatic carbocycles. The van der Waals surface area contributed by atoms with Gasteiger partial charge in [-0.2, -0.15) is 0 Å². The first-order valence-corrected chi connectivity index (χ1v) is 29.0. The minimum atomic E-state index is 0.747. The van der Waals surface area contributed by atoms with Crippen LogP contribution in [0.5, 0.6) is 0 Å². The molecule has 0 unspecified atom stereocenters. The highest BCUT2D eigenvalue weighted by Crippen LogP contribution is 2.65. The van der Waals surface area contributed by atoms with Gasteiger partial charge in [0.05, 0.1) is 0 Å². The third kappa shape index (κ3) is 12.0. The van der Waals surface area contributed by atoms with Crippen molar-refractivity contribution in [3.05, 3.63) is 0 Å². The minimum Gasteiger partial charge on any atom is -0.0683 e. The fourth-order valence-electron chi connectivity index (χ4n) is 15.9. The fraction of sp³-hybridized carbons (Fsp3) is 1.00. The van der Waals surface area contributed by atoms with Crippen LogP contribution in [0.25, 0.3) is 0 Å². The van der Waals surface area contributed by atoms with E-state index in [1.807, 2.05) is 41.5 Å². The van der Waals surface area contributed by atoms with Crippen molar-refractivity contribution in [3.63, 3.8) is 0 Å². The molecule has 0 spiro atoms. The summed E-state index contributed by atoms with van der Waals surface area (Å²) in [7, 11) is 0. The lowest BCUT2D eigenvalue weighted by Gasteiger charge is -2.57. The van der Waals surface area contributed by atoms with Crippen LogP contribution in [0.15, 0.2) is 0 Å². The lowest BCUT2D eigenvalue weighted by molar-refractivity contribution is -0.0623. The smallest absolute Gasteiger partial charge is 0.0274 e. The van der Waals surface area contributed by atoms with Gasteiger partial charge in [0.1, 0.15) is 0 Å². The van der Waals surface area contributed by atoms with Gasteiger partial charge in [-0.15, -0.1) is 0 Å². The lowest BCUT2D eigenvalue weighted by Crippen LogP contribution is -2.46. The molecule has 0 aliphatic heterocycles. The number of hydrogen-bond acceptors (Lipinski definition) is 0. The summed E-state index contributed by atoms with van der Waals surface area (Å²) in [5.74, 6) is 7.28. The van der Waals surface area contributed by atoms with E-state index in [0.29, 0.717) is 0 Å². The van der Waals surface area contributed by atoms with Crippen LogP contribution in [0.4, 0.5) is 0 Å². The van der Waals surface area contributed by atoms with Crippen molar-refractivity contribution in [2.24, 2.45) is 90.7 Å². The molecule has 8 bridgehead atoms. The van der Waals surface area contributed by atoms with Crippen LogP contribution >= 0.6 is 0 Å². The maximum Gasteiger partial charge on any atom is -0.0274 e. The standard InChI is InChI=1S/4C14H26.3C2H6/c4*1-11(2)13-5-8-14(9-6-13,10-7-13)12(3)4;3*1-2/h4*11-12H,5-10H2,1-4H3;3*1-2H3. The number of rotatable bonds is 8. The van der Waals surface area contributed by atoms with E-state index in [9.17, 15) is 0 Å². The molecule has 0 heterocycles. The molecule has 62 heavy (non-hydrogen) atoms. The summed E-state index contributed by atoms with van der Waals surface area (Å²) in [6, 6.07) is 0. The third-order valence-corrected chi connectivity index (χ3v) is 23.2. The van der Waals surface area contributed by atoms with Gasteiger partial charge in [-0.1, -0.05) is 152 Å².